The van der Waals surface area contributed by atoms with Gasteiger partial charge in [-0.1, -0.05) is 11.6 Å². The second kappa shape index (κ2) is 4.29. The van der Waals surface area contributed by atoms with Gasteiger partial charge in [-0.3, -0.25) is 4.68 Å². The van der Waals surface area contributed by atoms with E-state index in [1.54, 1.807) is 0 Å². The minimum absolute atomic E-state index is 0.562. The van der Waals surface area contributed by atoms with E-state index in [9.17, 15) is 0 Å². The fourth-order valence-corrected chi connectivity index (χ4v) is 2.81. The molecule has 17 heavy (non-hydrogen) atoms. The van der Waals surface area contributed by atoms with Crippen LogP contribution in [0.3, 0.4) is 0 Å². The first kappa shape index (κ1) is 11.5. The summed E-state index contributed by atoms with van der Waals surface area (Å²) in [6.07, 6.45) is 5.29. The number of rotatable bonds is 4. The zero-order valence-corrected chi connectivity index (χ0v) is 11.3. The first-order valence-electron chi connectivity index (χ1n) is 6.61. The quantitative estimate of drug-likeness (QED) is 0.894. The van der Waals surface area contributed by atoms with Crippen LogP contribution in [0.5, 0.6) is 0 Å². The highest BCUT2D eigenvalue weighted by molar-refractivity contribution is 6.31. The number of aryl methyl sites for hydroxylation is 1. The van der Waals surface area contributed by atoms with Crippen molar-refractivity contribution in [2.45, 2.75) is 51.6 Å². The molecule has 0 spiro atoms. The highest BCUT2D eigenvalue weighted by Crippen LogP contribution is 2.40. The third-order valence-corrected chi connectivity index (χ3v) is 4.72. The molecule has 0 aliphatic heterocycles. The predicted molar refractivity (Wildman–Crippen MR) is 69.5 cm³/mol. The number of aromatic nitrogens is 2. The van der Waals surface area contributed by atoms with Crippen LogP contribution in [0.25, 0.3) is 0 Å². The van der Waals surface area contributed by atoms with Gasteiger partial charge >= 0.3 is 0 Å². The van der Waals surface area contributed by atoms with Crippen molar-refractivity contribution < 1.29 is 0 Å². The summed E-state index contributed by atoms with van der Waals surface area (Å²) in [6, 6.07) is 1.37. The van der Waals surface area contributed by atoms with Gasteiger partial charge in [-0.25, -0.2) is 0 Å². The SMILES string of the molecule is Cc1nn(C2CCC2CNC2CC2)c(C)c1Cl. The van der Waals surface area contributed by atoms with Gasteiger partial charge < -0.3 is 5.32 Å². The Labute approximate surface area is 108 Å². The summed E-state index contributed by atoms with van der Waals surface area (Å²) < 4.78 is 2.15. The number of nitrogens with one attached hydrogen (secondary N) is 1. The molecular weight excluding hydrogens is 234 g/mol. The zero-order valence-electron chi connectivity index (χ0n) is 10.5. The summed E-state index contributed by atoms with van der Waals surface area (Å²) in [4.78, 5) is 0. The summed E-state index contributed by atoms with van der Waals surface area (Å²) in [5.41, 5.74) is 2.09. The Bertz CT molecular complexity index is 423. The third-order valence-electron chi connectivity index (χ3n) is 4.17. The Morgan fingerprint density at radius 2 is 2.06 bits per heavy atom. The Hall–Kier alpha value is -0.540. The summed E-state index contributed by atoms with van der Waals surface area (Å²) in [7, 11) is 0. The Morgan fingerprint density at radius 1 is 1.29 bits per heavy atom. The van der Waals surface area contributed by atoms with Crippen LogP contribution >= 0.6 is 11.6 Å². The maximum absolute atomic E-state index is 6.21. The van der Waals surface area contributed by atoms with Crippen LogP contribution < -0.4 is 5.32 Å². The first-order valence-corrected chi connectivity index (χ1v) is 6.99. The monoisotopic (exact) mass is 253 g/mol. The Morgan fingerprint density at radius 3 is 2.53 bits per heavy atom. The van der Waals surface area contributed by atoms with E-state index in [4.69, 9.17) is 11.6 Å². The topological polar surface area (TPSA) is 29.9 Å². The van der Waals surface area contributed by atoms with E-state index in [2.05, 4.69) is 22.0 Å². The van der Waals surface area contributed by atoms with E-state index in [-0.39, 0.29) is 0 Å². The molecule has 0 bridgehead atoms. The van der Waals surface area contributed by atoms with Crippen LogP contribution in [0.1, 0.15) is 43.1 Å². The van der Waals surface area contributed by atoms with Crippen LogP contribution in [0.4, 0.5) is 0 Å². The molecule has 3 nitrogen and oxygen atoms in total. The molecule has 0 aromatic carbocycles. The van der Waals surface area contributed by atoms with E-state index in [0.717, 1.165) is 34.9 Å². The van der Waals surface area contributed by atoms with Gasteiger partial charge in [0.25, 0.3) is 0 Å². The lowest BCUT2D eigenvalue weighted by atomic mass is 9.79. The van der Waals surface area contributed by atoms with Gasteiger partial charge in [0.05, 0.1) is 22.5 Å². The van der Waals surface area contributed by atoms with Crippen LogP contribution in [0.2, 0.25) is 5.02 Å². The van der Waals surface area contributed by atoms with Crippen molar-refractivity contribution in [2.24, 2.45) is 5.92 Å². The molecule has 0 radical (unpaired) electrons. The molecule has 3 rings (SSSR count). The smallest absolute Gasteiger partial charge is 0.0844 e. The molecule has 4 heteroatoms. The van der Waals surface area contributed by atoms with Gasteiger partial charge in [0, 0.05) is 12.6 Å². The van der Waals surface area contributed by atoms with Gasteiger partial charge in [0.2, 0.25) is 0 Å². The van der Waals surface area contributed by atoms with Crippen molar-refractivity contribution in [3.05, 3.63) is 16.4 Å². The number of nitrogens with zero attached hydrogens (tertiary/aromatic N) is 2. The first-order chi connectivity index (χ1) is 8.16. The lowest BCUT2D eigenvalue weighted by Crippen LogP contribution is -2.38. The molecule has 0 amide bonds. The number of hydrogen-bond acceptors (Lipinski definition) is 2. The van der Waals surface area contributed by atoms with E-state index in [0.29, 0.717) is 6.04 Å². The molecule has 94 valence electrons. The molecular formula is C13H20ClN3. The average Bonchev–Trinajstić information content (AvgIpc) is 3.04. The molecule has 2 atom stereocenters. The van der Waals surface area contributed by atoms with Crippen molar-refractivity contribution in [1.29, 1.82) is 0 Å². The lowest BCUT2D eigenvalue weighted by Gasteiger charge is -2.37. The largest absolute Gasteiger partial charge is 0.314 e. The van der Waals surface area contributed by atoms with Crippen molar-refractivity contribution in [1.82, 2.24) is 15.1 Å². The number of hydrogen-bond donors (Lipinski definition) is 1. The molecule has 1 aromatic heterocycles. The maximum Gasteiger partial charge on any atom is 0.0844 e. The van der Waals surface area contributed by atoms with Gasteiger partial charge in [0.1, 0.15) is 0 Å². The van der Waals surface area contributed by atoms with Crippen molar-refractivity contribution in [2.75, 3.05) is 6.54 Å². The Balaban J connectivity index is 1.68. The van der Waals surface area contributed by atoms with Gasteiger partial charge in [0.15, 0.2) is 0 Å². The second-order valence-electron chi connectivity index (χ2n) is 5.52. The normalized spacial score (nSPS) is 28.2. The van der Waals surface area contributed by atoms with Crippen LogP contribution in [-0.4, -0.2) is 22.4 Å². The summed E-state index contributed by atoms with van der Waals surface area (Å²) in [6.45, 7) is 5.21. The minimum Gasteiger partial charge on any atom is -0.314 e. The van der Waals surface area contributed by atoms with Crippen molar-refractivity contribution in [3.8, 4) is 0 Å². The van der Waals surface area contributed by atoms with Gasteiger partial charge in [-0.15, -0.1) is 0 Å². The van der Waals surface area contributed by atoms with Crippen molar-refractivity contribution in [3.63, 3.8) is 0 Å². The molecule has 1 aromatic rings. The third kappa shape index (κ3) is 2.11. The van der Waals surface area contributed by atoms with E-state index in [1.165, 1.54) is 25.7 Å². The molecule has 2 unspecified atom stereocenters. The molecule has 1 N–H and O–H groups in total. The average molecular weight is 254 g/mol. The standard InChI is InChI=1S/C13H20ClN3/c1-8-13(14)9(2)17(16-8)12-6-3-10(12)7-15-11-4-5-11/h10-12,15H,3-7H2,1-2H3. The molecule has 0 saturated heterocycles. The van der Waals surface area contributed by atoms with Crippen LogP contribution in [-0.2, 0) is 0 Å². The van der Waals surface area contributed by atoms with Gasteiger partial charge in [-0.2, -0.15) is 5.10 Å². The minimum atomic E-state index is 0.562. The summed E-state index contributed by atoms with van der Waals surface area (Å²) >= 11 is 6.21. The van der Waals surface area contributed by atoms with E-state index in [1.807, 2.05) is 6.92 Å². The zero-order chi connectivity index (χ0) is 12.0. The molecule has 2 fully saturated rings. The second-order valence-corrected chi connectivity index (χ2v) is 5.89. The molecule has 2 saturated carbocycles. The summed E-state index contributed by atoms with van der Waals surface area (Å²) in [5.74, 6) is 0.740. The fraction of sp³-hybridized carbons (Fsp3) is 0.769. The van der Waals surface area contributed by atoms with E-state index < -0.39 is 0 Å². The van der Waals surface area contributed by atoms with Crippen LogP contribution in [0.15, 0.2) is 0 Å². The molecule has 2 aliphatic carbocycles. The van der Waals surface area contributed by atoms with E-state index >= 15 is 0 Å². The predicted octanol–water partition coefficient (Wildman–Crippen LogP) is 2.86. The highest BCUT2D eigenvalue weighted by atomic mass is 35.5. The fourth-order valence-electron chi connectivity index (χ4n) is 2.68. The van der Waals surface area contributed by atoms with Crippen molar-refractivity contribution >= 4 is 11.6 Å². The Kier molecular flexibility index (Phi) is 2.91. The van der Waals surface area contributed by atoms with Gasteiger partial charge in [-0.05, 0) is 45.4 Å². The lowest BCUT2D eigenvalue weighted by molar-refractivity contribution is 0.160. The highest BCUT2D eigenvalue weighted by Gasteiger charge is 2.35. The number of halogens is 1. The van der Waals surface area contributed by atoms with Crippen LogP contribution in [0, 0.1) is 19.8 Å². The summed E-state index contributed by atoms with van der Waals surface area (Å²) in [5, 5.41) is 9.05. The molecule has 2 aliphatic rings. The molecule has 1 heterocycles. The maximum atomic E-state index is 6.21.